The Morgan fingerprint density at radius 2 is 2.11 bits per heavy atom. The molecule has 1 fully saturated rings. The van der Waals surface area contributed by atoms with Crippen LogP contribution in [0.25, 0.3) is 10.9 Å². The molecule has 2 aliphatic heterocycles. The molecule has 0 aliphatic carbocycles. The first-order chi connectivity index (χ1) is 12.7. The van der Waals surface area contributed by atoms with Gasteiger partial charge in [-0.15, -0.1) is 0 Å². The number of anilines is 1. The summed E-state index contributed by atoms with van der Waals surface area (Å²) in [6, 6.07) is 1.71. The number of hydrogen-bond acceptors (Lipinski definition) is 9. The summed E-state index contributed by atoms with van der Waals surface area (Å²) in [7, 11) is -3.03. The van der Waals surface area contributed by atoms with Crippen LogP contribution in [0.3, 0.4) is 0 Å². The Balaban J connectivity index is 1.72. The normalized spacial score (nSPS) is 28.0. The first-order valence-corrected chi connectivity index (χ1v) is 9.50. The molecular weight excluding hydrogens is 381 g/mol. The number of hydrogen-bond donors (Lipinski definition) is 5. The average molecular weight is 399 g/mol. The second-order valence-corrected chi connectivity index (χ2v) is 7.56. The molecule has 1 saturated heterocycles. The molecule has 4 heterocycles. The molecule has 2 aliphatic rings. The summed E-state index contributed by atoms with van der Waals surface area (Å²) in [5.74, 6) is 0.834. The number of aliphatic hydroxyl groups excluding tert-OH is 2. The Morgan fingerprint density at radius 1 is 1.37 bits per heavy atom. The van der Waals surface area contributed by atoms with E-state index < -0.39 is 39.0 Å². The molecule has 4 rings (SSSR count). The molecule has 12 nitrogen and oxygen atoms in total. The van der Waals surface area contributed by atoms with Gasteiger partial charge in [0, 0.05) is 25.0 Å². The smallest absolute Gasteiger partial charge is 0.387 e. The van der Waals surface area contributed by atoms with Gasteiger partial charge in [0.25, 0.3) is 0 Å². The maximum atomic E-state index is 10.9. The lowest BCUT2D eigenvalue weighted by atomic mass is 10.1. The molecular formula is C14H18N5O7P. The van der Waals surface area contributed by atoms with Crippen LogP contribution >= 0.6 is 7.82 Å². The third-order valence-electron chi connectivity index (χ3n) is 4.58. The van der Waals surface area contributed by atoms with Crippen molar-refractivity contribution in [2.45, 2.75) is 24.5 Å². The van der Waals surface area contributed by atoms with Gasteiger partial charge in [-0.25, -0.2) is 14.6 Å². The molecule has 1 unspecified atom stereocenters. The number of hydrazone groups is 1. The minimum Gasteiger partial charge on any atom is -0.387 e. The Kier molecular flexibility index (Phi) is 4.24. The van der Waals surface area contributed by atoms with E-state index >= 15 is 0 Å². The highest BCUT2D eigenvalue weighted by molar-refractivity contribution is 7.46. The summed E-state index contributed by atoms with van der Waals surface area (Å²) in [4.78, 5) is 21.9. The van der Waals surface area contributed by atoms with Crippen molar-refractivity contribution in [3.05, 3.63) is 24.0 Å². The number of aromatic nitrogens is 2. The second-order valence-electron chi connectivity index (χ2n) is 6.32. The van der Waals surface area contributed by atoms with Crippen molar-refractivity contribution in [3.8, 4) is 0 Å². The van der Waals surface area contributed by atoms with Crippen LogP contribution in [0, 0.1) is 0 Å². The van der Waals surface area contributed by atoms with Crippen LogP contribution < -0.4 is 10.7 Å². The van der Waals surface area contributed by atoms with Crippen LogP contribution in [0.15, 0.2) is 23.6 Å². The van der Waals surface area contributed by atoms with Gasteiger partial charge < -0.3 is 35.0 Å². The van der Waals surface area contributed by atoms with Gasteiger partial charge in [-0.05, 0) is 6.07 Å². The number of rotatable bonds is 4. The van der Waals surface area contributed by atoms with Crippen molar-refractivity contribution < 1.29 is 33.8 Å². The summed E-state index contributed by atoms with van der Waals surface area (Å²) >= 11 is 0. The van der Waals surface area contributed by atoms with E-state index in [2.05, 4.69) is 14.6 Å². The molecule has 0 spiro atoms. The fraction of sp³-hybridized carbons (Fsp3) is 0.429. The molecule has 0 saturated carbocycles. The summed E-state index contributed by atoms with van der Waals surface area (Å²) in [6.45, 7) is -0.579. The highest BCUT2D eigenvalue weighted by atomic mass is 31.2. The van der Waals surface area contributed by atoms with Gasteiger partial charge in [0.2, 0.25) is 0 Å². The summed E-state index contributed by atoms with van der Waals surface area (Å²) in [6.07, 6.45) is -1.70. The summed E-state index contributed by atoms with van der Waals surface area (Å²) in [5, 5.41) is 27.1. The number of pyridine rings is 1. The lowest BCUT2D eigenvalue weighted by Crippen LogP contribution is -2.33. The van der Waals surface area contributed by atoms with Gasteiger partial charge in [-0.3, -0.25) is 4.52 Å². The molecule has 2 aromatic heterocycles. The van der Waals surface area contributed by atoms with Crippen molar-refractivity contribution in [1.29, 1.82) is 0 Å². The van der Waals surface area contributed by atoms with E-state index in [1.807, 2.05) is 0 Å². The van der Waals surface area contributed by atoms with E-state index in [0.29, 0.717) is 22.3 Å². The first kappa shape index (κ1) is 18.3. The molecule has 6 N–H and O–H groups in total. The molecule has 146 valence electrons. The maximum Gasteiger partial charge on any atom is 0.469 e. The standard InChI is InChI=1S/C14H18N5O7P/c1-18-13-9-6(12(15)17-18)4-19(7(9)2-3-16-13)14-11(21)10(20)8(26-14)5-25-27(22,23)24/h2-4,8,10-11,14,20-21H,5H2,1H3,(H2,15,17)(H2,22,23,24)/t8-,10-,11?,14-/m1/s1. The molecule has 0 aromatic carbocycles. The van der Waals surface area contributed by atoms with Gasteiger partial charge in [-0.1, -0.05) is 0 Å². The van der Waals surface area contributed by atoms with Crippen LogP contribution in [0.5, 0.6) is 0 Å². The lowest BCUT2D eigenvalue weighted by molar-refractivity contribution is -0.0499. The average Bonchev–Trinajstić information content (AvgIpc) is 3.11. The number of aliphatic hydroxyl groups is 2. The molecule has 2 aromatic rings. The third kappa shape index (κ3) is 3.01. The Labute approximate surface area is 152 Å². The molecule has 0 radical (unpaired) electrons. The largest absolute Gasteiger partial charge is 0.469 e. The van der Waals surface area contributed by atoms with Crippen LogP contribution in [-0.2, 0) is 13.8 Å². The summed E-state index contributed by atoms with van der Waals surface area (Å²) in [5.41, 5.74) is 7.25. The van der Waals surface area contributed by atoms with Gasteiger partial charge in [0.15, 0.2) is 17.9 Å². The third-order valence-corrected chi connectivity index (χ3v) is 5.07. The zero-order chi connectivity index (χ0) is 19.5. The highest BCUT2D eigenvalue weighted by Gasteiger charge is 2.45. The quantitative estimate of drug-likeness (QED) is 0.394. The second kappa shape index (κ2) is 6.24. The van der Waals surface area contributed by atoms with Crippen molar-refractivity contribution in [2.24, 2.45) is 10.8 Å². The molecule has 13 heteroatoms. The fourth-order valence-electron chi connectivity index (χ4n) is 3.37. The van der Waals surface area contributed by atoms with Crippen molar-refractivity contribution in [2.75, 3.05) is 18.7 Å². The van der Waals surface area contributed by atoms with Crippen LogP contribution in [0.2, 0.25) is 0 Å². The molecule has 0 amide bonds. The van der Waals surface area contributed by atoms with Gasteiger partial charge in [0.05, 0.1) is 17.5 Å². The Hall–Kier alpha value is -2.05. The Morgan fingerprint density at radius 3 is 2.81 bits per heavy atom. The SMILES string of the molecule is CN1N=C(N)c2cn([C@@H]3O[C@H](COP(=O)(O)O)[C@@H](O)C3O)c3ccnc1c23. The first-order valence-electron chi connectivity index (χ1n) is 7.97. The number of phosphoric acid groups is 1. The fourth-order valence-corrected chi connectivity index (χ4v) is 3.71. The number of ether oxygens (including phenoxy) is 1. The van der Waals surface area contributed by atoms with Crippen molar-refractivity contribution in [1.82, 2.24) is 9.55 Å². The zero-order valence-electron chi connectivity index (χ0n) is 14.1. The predicted molar refractivity (Wildman–Crippen MR) is 92.8 cm³/mol. The minimum atomic E-state index is -4.74. The van der Waals surface area contributed by atoms with E-state index in [0.717, 1.165) is 0 Å². The monoisotopic (exact) mass is 399 g/mol. The van der Waals surface area contributed by atoms with Crippen LogP contribution in [0.4, 0.5) is 5.82 Å². The Bertz CT molecular complexity index is 972. The van der Waals surface area contributed by atoms with Crippen molar-refractivity contribution in [3.63, 3.8) is 0 Å². The van der Waals surface area contributed by atoms with Crippen molar-refractivity contribution >= 4 is 30.4 Å². The predicted octanol–water partition coefficient (Wildman–Crippen LogP) is -1.17. The molecule has 4 atom stereocenters. The van der Waals surface area contributed by atoms with E-state index in [1.165, 1.54) is 5.01 Å². The number of phosphoric ester groups is 1. The van der Waals surface area contributed by atoms with E-state index in [9.17, 15) is 14.8 Å². The zero-order valence-corrected chi connectivity index (χ0v) is 15.0. The van der Waals surface area contributed by atoms with Gasteiger partial charge >= 0.3 is 7.82 Å². The van der Waals surface area contributed by atoms with E-state index in [-0.39, 0.29) is 5.84 Å². The van der Waals surface area contributed by atoms with Crippen LogP contribution in [-0.4, -0.2) is 67.4 Å². The van der Waals surface area contributed by atoms with Gasteiger partial charge in [-0.2, -0.15) is 5.10 Å². The van der Waals surface area contributed by atoms with Crippen LogP contribution in [0.1, 0.15) is 11.8 Å². The highest BCUT2D eigenvalue weighted by Crippen LogP contribution is 2.40. The minimum absolute atomic E-state index is 0.260. The van der Waals surface area contributed by atoms with E-state index in [4.69, 9.17) is 20.3 Å². The summed E-state index contributed by atoms with van der Waals surface area (Å²) < 4.78 is 22.5. The lowest BCUT2D eigenvalue weighted by Gasteiger charge is -2.19. The van der Waals surface area contributed by atoms with Gasteiger partial charge in [0.1, 0.15) is 18.3 Å². The topological polar surface area (TPSA) is 176 Å². The van der Waals surface area contributed by atoms with E-state index in [1.54, 1.807) is 30.1 Å². The number of nitrogens with two attached hydrogens (primary N) is 1. The molecule has 27 heavy (non-hydrogen) atoms. The molecule has 0 bridgehead atoms. The number of amidine groups is 1. The number of nitrogens with zero attached hydrogens (tertiary/aromatic N) is 4. The maximum absolute atomic E-state index is 10.9.